The van der Waals surface area contributed by atoms with Crippen molar-refractivity contribution in [3.8, 4) is 0 Å². The Morgan fingerprint density at radius 1 is 1.23 bits per heavy atom. The number of aliphatic hydroxyl groups is 1. The Kier molecular flexibility index (Phi) is 5.09. The van der Waals surface area contributed by atoms with Gasteiger partial charge in [-0.2, -0.15) is 0 Å². The largest absolute Gasteiger partial charge is 0.386 e. The van der Waals surface area contributed by atoms with Crippen LogP contribution in [0.5, 0.6) is 0 Å². The maximum atomic E-state index is 9.49. The molecule has 0 heterocycles. The molecule has 0 fully saturated rings. The highest BCUT2D eigenvalue weighted by Crippen LogP contribution is 2.17. The van der Waals surface area contributed by atoms with Crippen LogP contribution in [0, 0.1) is 0 Å². The second-order valence-corrected chi connectivity index (χ2v) is 3.33. The van der Waals surface area contributed by atoms with Crippen LogP contribution >= 0.6 is 0 Å². The third-order valence-electron chi connectivity index (χ3n) is 1.48. The summed E-state index contributed by atoms with van der Waals surface area (Å²) in [5.74, 6) is 0. The minimum absolute atomic E-state index is 0.707. The highest BCUT2D eigenvalue weighted by atomic mass is 16.3. The monoisotopic (exact) mass is 178 g/mol. The van der Waals surface area contributed by atoms with Crippen LogP contribution in [0.25, 0.3) is 0 Å². The highest BCUT2D eigenvalue weighted by Gasteiger charge is 2.13. The van der Waals surface area contributed by atoms with Crippen molar-refractivity contribution in [2.45, 2.75) is 26.4 Å². The lowest BCUT2D eigenvalue weighted by atomic mass is 9.99. The molecule has 0 unspecified atom stereocenters. The average Bonchev–Trinajstić information content (AvgIpc) is 2.06. The second-order valence-electron chi connectivity index (χ2n) is 3.33. The van der Waals surface area contributed by atoms with Crippen LogP contribution in [-0.4, -0.2) is 5.11 Å². The molecule has 1 N–H and O–H groups in total. The summed E-state index contributed by atoms with van der Waals surface area (Å²) >= 11 is 0. The Labute approximate surface area is 80.7 Å². The van der Waals surface area contributed by atoms with E-state index in [0.717, 1.165) is 5.56 Å². The van der Waals surface area contributed by atoms with Gasteiger partial charge < -0.3 is 5.11 Å². The van der Waals surface area contributed by atoms with Gasteiger partial charge in [-0.3, -0.25) is 0 Å². The van der Waals surface area contributed by atoms with Crippen LogP contribution in [-0.2, 0) is 5.60 Å². The molecule has 72 valence electrons. The molecule has 1 aromatic carbocycles. The first-order valence-corrected chi connectivity index (χ1v) is 4.37. The SMILES string of the molecule is C=CC.CC(C)(O)c1ccccc1. The summed E-state index contributed by atoms with van der Waals surface area (Å²) < 4.78 is 0. The lowest BCUT2D eigenvalue weighted by Gasteiger charge is -2.16. The molecule has 0 aromatic heterocycles. The number of rotatable bonds is 1. The molecule has 0 saturated carbocycles. The van der Waals surface area contributed by atoms with Crippen LogP contribution in [0.1, 0.15) is 26.3 Å². The average molecular weight is 178 g/mol. The molecule has 1 aromatic rings. The van der Waals surface area contributed by atoms with Crippen LogP contribution in [0.15, 0.2) is 43.0 Å². The van der Waals surface area contributed by atoms with Crippen LogP contribution < -0.4 is 0 Å². The Morgan fingerprint density at radius 2 is 1.62 bits per heavy atom. The molecule has 0 bridgehead atoms. The lowest BCUT2D eigenvalue weighted by Crippen LogP contribution is -2.14. The Balaban J connectivity index is 0.000000424. The van der Waals surface area contributed by atoms with Crippen molar-refractivity contribution in [1.29, 1.82) is 0 Å². The van der Waals surface area contributed by atoms with Gasteiger partial charge in [0.05, 0.1) is 5.60 Å². The fourth-order valence-corrected chi connectivity index (χ4v) is 0.846. The number of allylic oxidation sites excluding steroid dienone is 1. The zero-order valence-electron chi connectivity index (χ0n) is 8.62. The van der Waals surface area contributed by atoms with E-state index in [4.69, 9.17) is 0 Å². The maximum absolute atomic E-state index is 9.49. The predicted molar refractivity (Wildman–Crippen MR) is 57.6 cm³/mol. The van der Waals surface area contributed by atoms with Crippen molar-refractivity contribution in [2.75, 3.05) is 0 Å². The van der Waals surface area contributed by atoms with E-state index in [9.17, 15) is 5.11 Å². The first kappa shape index (κ1) is 11.9. The molecule has 0 aliphatic carbocycles. The molecule has 0 saturated heterocycles. The summed E-state index contributed by atoms with van der Waals surface area (Å²) in [5.41, 5.74) is 0.247. The summed E-state index contributed by atoms with van der Waals surface area (Å²) in [6.45, 7) is 8.81. The molecule has 1 rings (SSSR count). The van der Waals surface area contributed by atoms with E-state index in [1.807, 2.05) is 37.3 Å². The summed E-state index contributed by atoms with van der Waals surface area (Å²) in [4.78, 5) is 0. The van der Waals surface area contributed by atoms with Crippen molar-refractivity contribution >= 4 is 0 Å². The smallest absolute Gasteiger partial charge is 0.0840 e. The zero-order chi connectivity index (χ0) is 10.3. The van der Waals surface area contributed by atoms with Crippen molar-refractivity contribution < 1.29 is 5.11 Å². The number of benzene rings is 1. The van der Waals surface area contributed by atoms with Gasteiger partial charge in [-0.1, -0.05) is 36.4 Å². The van der Waals surface area contributed by atoms with Gasteiger partial charge in [0.15, 0.2) is 0 Å². The van der Waals surface area contributed by atoms with Gasteiger partial charge in [-0.15, -0.1) is 6.58 Å². The van der Waals surface area contributed by atoms with Gasteiger partial charge in [0.2, 0.25) is 0 Å². The fraction of sp³-hybridized carbons (Fsp3) is 0.333. The summed E-state index contributed by atoms with van der Waals surface area (Å²) in [5, 5.41) is 9.49. The lowest BCUT2D eigenvalue weighted by molar-refractivity contribution is 0.0786. The van der Waals surface area contributed by atoms with Crippen molar-refractivity contribution in [3.63, 3.8) is 0 Å². The second kappa shape index (κ2) is 5.55. The molecule has 0 amide bonds. The molecular weight excluding hydrogens is 160 g/mol. The van der Waals surface area contributed by atoms with E-state index in [0.29, 0.717) is 0 Å². The molecule has 1 nitrogen and oxygen atoms in total. The Bertz CT molecular complexity index is 231. The van der Waals surface area contributed by atoms with Crippen LogP contribution in [0.4, 0.5) is 0 Å². The van der Waals surface area contributed by atoms with E-state index >= 15 is 0 Å². The molecule has 1 heteroatoms. The van der Waals surface area contributed by atoms with E-state index in [1.165, 1.54) is 0 Å². The highest BCUT2D eigenvalue weighted by molar-refractivity contribution is 5.20. The van der Waals surface area contributed by atoms with E-state index in [2.05, 4.69) is 6.58 Å². The number of hydrogen-bond acceptors (Lipinski definition) is 1. The molecule has 0 radical (unpaired) electrons. The van der Waals surface area contributed by atoms with Crippen molar-refractivity contribution in [3.05, 3.63) is 48.6 Å². The number of hydrogen-bond donors (Lipinski definition) is 1. The predicted octanol–water partition coefficient (Wildman–Crippen LogP) is 3.11. The topological polar surface area (TPSA) is 20.2 Å². The van der Waals surface area contributed by atoms with E-state index < -0.39 is 5.60 Å². The van der Waals surface area contributed by atoms with Gasteiger partial charge in [-0.05, 0) is 26.3 Å². The minimum atomic E-state index is -0.707. The summed E-state index contributed by atoms with van der Waals surface area (Å²) in [7, 11) is 0. The van der Waals surface area contributed by atoms with Crippen molar-refractivity contribution in [1.82, 2.24) is 0 Å². The molecule has 13 heavy (non-hydrogen) atoms. The van der Waals surface area contributed by atoms with Gasteiger partial charge >= 0.3 is 0 Å². The molecule has 0 spiro atoms. The van der Waals surface area contributed by atoms with Gasteiger partial charge in [-0.25, -0.2) is 0 Å². The fourth-order valence-electron chi connectivity index (χ4n) is 0.846. The maximum Gasteiger partial charge on any atom is 0.0840 e. The van der Waals surface area contributed by atoms with Crippen LogP contribution in [0.3, 0.4) is 0 Å². The standard InChI is InChI=1S/C9H12O.C3H6/c1-9(2,10)8-6-4-3-5-7-8;1-3-2/h3-7,10H,1-2H3;3H,1H2,2H3. The summed E-state index contributed by atoms with van der Waals surface area (Å²) in [6.07, 6.45) is 1.75. The van der Waals surface area contributed by atoms with Gasteiger partial charge in [0, 0.05) is 0 Å². The first-order chi connectivity index (χ1) is 6.02. The third kappa shape index (κ3) is 5.21. The Morgan fingerprint density at radius 3 is 1.85 bits per heavy atom. The molecular formula is C12H18O. The van der Waals surface area contributed by atoms with Crippen molar-refractivity contribution in [2.24, 2.45) is 0 Å². The quantitative estimate of drug-likeness (QED) is 0.655. The molecule has 0 atom stereocenters. The van der Waals surface area contributed by atoms with E-state index in [-0.39, 0.29) is 0 Å². The van der Waals surface area contributed by atoms with E-state index in [1.54, 1.807) is 19.9 Å². The van der Waals surface area contributed by atoms with Gasteiger partial charge in [0.25, 0.3) is 0 Å². The Hall–Kier alpha value is -1.08. The zero-order valence-corrected chi connectivity index (χ0v) is 8.62. The van der Waals surface area contributed by atoms with Gasteiger partial charge in [0.1, 0.15) is 0 Å². The normalized spacial score (nSPS) is 9.85. The minimum Gasteiger partial charge on any atom is -0.386 e. The van der Waals surface area contributed by atoms with Crippen LogP contribution in [0.2, 0.25) is 0 Å². The third-order valence-corrected chi connectivity index (χ3v) is 1.48. The first-order valence-electron chi connectivity index (χ1n) is 4.37. The molecule has 0 aliphatic heterocycles. The molecule has 0 aliphatic rings. The summed E-state index contributed by atoms with van der Waals surface area (Å²) in [6, 6.07) is 9.62.